The first-order valence-electron chi connectivity index (χ1n) is 4.64. The number of rotatable bonds is 3. The Balaban J connectivity index is 2.19. The maximum Gasteiger partial charge on any atom is 0.00223 e. The third kappa shape index (κ3) is 2.80. The second-order valence-electron chi connectivity index (χ2n) is 4.04. The molecule has 0 aliphatic carbocycles. The lowest BCUT2D eigenvalue weighted by molar-refractivity contribution is 0.288. The van der Waals surface area contributed by atoms with Crippen LogP contribution in [0.25, 0.3) is 0 Å². The van der Waals surface area contributed by atoms with Crippen LogP contribution in [0.2, 0.25) is 0 Å². The minimum atomic E-state index is 0.772. The maximum atomic E-state index is 5.60. The van der Waals surface area contributed by atoms with Crippen molar-refractivity contribution in [2.45, 2.75) is 20.3 Å². The molecule has 0 radical (unpaired) electrons. The molecule has 1 aliphatic rings. The topological polar surface area (TPSA) is 29.3 Å². The Bertz CT molecular complexity index is 112. The summed E-state index contributed by atoms with van der Waals surface area (Å²) < 4.78 is 0. The van der Waals surface area contributed by atoms with E-state index < -0.39 is 0 Å². The summed E-state index contributed by atoms with van der Waals surface area (Å²) in [5, 5.41) is 0. The van der Waals surface area contributed by atoms with Gasteiger partial charge in [-0.2, -0.15) is 0 Å². The molecule has 0 unspecified atom stereocenters. The van der Waals surface area contributed by atoms with Crippen LogP contribution in [-0.2, 0) is 0 Å². The van der Waals surface area contributed by atoms with Gasteiger partial charge >= 0.3 is 0 Å². The van der Waals surface area contributed by atoms with Gasteiger partial charge in [0.1, 0.15) is 0 Å². The first kappa shape index (κ1) is 9.01. The average Bonchev–Trinajstić information content (AvgIpc) is 2.34. The van der Waals surface area contributed by atoms with E-state index in [1.165, 1.54) is 26.1 Å². The Morgan fingerprint density at radius 2 is 2.27 bits per heavy atom. The summed E-state index contributed by atoms with van der Waals surface area (Å²) in [5.74, 6) is 1.57. The van der Waals surface area contributed by atoms with Gasteiger partial charge in [-0.05, 0) is 31.3 Å². The average molecular weight is 156 g/mol. The van der Waals surface area contributed by atoms with Crippen molar-refractivity contribution in [1.29, 1.82) is 0 Å². The summed E-state index contributed by atoms with van der Waals surface area (Å²) >= 11 is 0. The lowest BCUT2D eigenvalue weighted by Gasteiger charge is -2.17. The molecule has 0 aromatic rings. The molecule has 0 amide bonds. The van der Waals surface area contributed by atoms with Gasteiger partial charge in [0, 0.05) is 13.1 Å². The molecule has 66 valence electrons. The summed E-state index contributed by atoms with van der Waals surface area (Å²) in [6.45, 7) is 9.16. The van der Waals surface area contributed by atoms with E-state index in [4.69, 9.17) is 5.73 Å². The van der Waals surface area contributed by atoms with Gasteiger partial charge in [-0.25, -0.2) is 0 Å². The van der Waals surface area contributed by atoms with E-state index in [1.54, 1.807) is 0 Å². The van der Waals surface area contributed by atoms with Gasteiger partial charge < -0.3 is 10.6 Å². The Morgan fingerprint density at radius 3 is 2.73 bits per heavy atom. The second kappa shape index (κ2) is 4.07. The minimum absolute atomic E-state index is 0.772. The Hall–Kier alpha value is -0.0800. The van der Waals surface area contributed by atoms with Crippen molar-refractivity contribution in [3.8, 4) is 0 Å². The summed E-state index contributed by atoms with van der Waals surface area (Å²) in [4.78, 5) is 2.53. The Kier molecular flexibility index (Phi) is 3.34. The van der Waals surface area contributed by atoms with Crippen molar-refractivity contribution >= 4 is 0 Å². The molecular weight excluding hydrogens is 136 g/mol. The zero-order chi connectivity index (χ0) is 8.27. The van der Waals surface area contributed by atoms with E-state index in [0.29, 0.717) is 0 Å². The quantitative estimate of drug-likeness (QED) is 0.658. The molecule has 1 atom stereocenters. The molecule has 1 fully saturated rings. The molecule has 2 nitrogen and oxygen atoms in total. The fraction of sp³-hybridized carbons (Fsp3) is 1.00. The molecule has 0 aromatic heterocycles. The molecular formula is C9H20N2. The largest absolute Gasteiger partial charge is 0.330 e. The first-order valence-corrected chi connectivity index (χ1v) is 4.64. The Labute approximate surface area is 69.8 Å². The first-order chi connectivity index (χ1) is 5.22. The number of hydrogen-bond acceptors (Lipinski definition) is 2. The molecule has 1 heterocycles. The van der Waals surface area contributed by atoms with E-state index >= 15 is 0 Å². The van der Waals surface area contributed by atoms with Crippen LogP contribution in [0.1, 0.15) is 20.3 Å². The molecule has 0 saturated carbocycles. The molecule has 11 heavy (non-hydrogen) atoms. The highest BCUT2D eigenvalue weighted by atomic mass is 15.1. The second-order valence-corrected chi connectivity index (χ2v) is 4.04. The molecule has 0 spiro atoms. The smallest absolute Gasteiger partial charge is 0.00223 e. The fourth-order valence-electron chi connectivity index (χ4n) is 1.79. The molecule has 0 aromatic carbocycles. The number of likely N-dealkylation sites (tertiary alicyclic amines) is 1. The van der Waals surface area contributed by atoms with Gasteiger partial charge in [-0.1, -0.05) is 13.8 Å². The molecule has 2 N–H and O–H groups in total. The van der Waals surface area contributed by atoms with Crippen molar-refractivity contribution < 1.29 is 0 Å². The number of nitrogens with zero attached hydrogens (tertiary/aromatic N) is 1. The van der Waals surface area contributed by atoms with E-state index in [2.05, 4.69) is 18.7 Å². The molecule has 1 rings (SSSR count). The maximum absolute atomic E-state index is 5.60. The zero-order valence-corrected chi connectivity index (χ0v) is 7.71. The van der Waals surface area contributed by atoms with Crippen LogP contribution in [0.15, 0.2) is 0 Å². The van der Waals surface area contributed by atoms with Gasteiger partial charge in [-0.3, -0.25) is 0 Å². The summed E-state index contributed by atoms with van der Waals surface area (Å²) in [6, 6.07) is 0. The van der Waals surface area contributed by atoms with Crippen LogP contribution >= 0.6 is 0 Å². The predicted octanol–water partition coefficient (Wildman–Crippen LogP) is 0.923. The normalized spacial score (nSPS) is 26.7. The van der Waals surface area contributed by atoms with Crippen LogP contribution < -0.4 is 5.73 Å². The standard InChI is InChI=1S/C9H20N2/c1-8(2)6-11-4-3-9(5-10)7-11/h8-9H,3-7,10H2,1-2H3/t9-/m0/s1. The van der Waals surface area contributed by atoms with Gasteiger partial charge in [-0.15, -0.1) is 0 Å². The van der Waals surface area contributed by atoms with Crippen molar-refractivity contribution in [2.75, 3.05) is 26.2 Å². The lowest BCUT2D eigenvalue weighted by atomic mass is 10.1. The number of nitrogens with two attached hydrogens (primary N) is 1. The van der Waals surface area contributed by atoms with Crippen molar-refractivity contribution in [3.05, 3.63) is 0 Å². The van der Waals surface area contributed by atoms with Gasteiger partial charge in [0.05, 0.1) is 0 Å². The van der Waals surface area contributed by atoms with E-state index in [0.717, 1.165) is 18.4 Å². The van der Waals surface area contributed by atoms with Crippen LogP contribution in [0.3, 0.4) is 0 Å². The summed E-state index contributed by atoms with van der Waals surface area (Å²) in [6.07, 6.45) is 1.31. The fourth-order valence-corrected chi connectivity index (χ4v) is 1.79. The Morgan fingerprint density at radius 1 is 1.55 bits per heavy atom. The van der Waals surface area contributed by atoms with Gasteiger partial charge in [0.15, 0.2) is 0 Å². The predicted molar refractivity (Wildman–Crippen MR) is 48.4 cm³/mol. The van der Waals surface area contributed by atoms with E-state index in [9.17, 15) is 0 Å². The summed E-state index contributed by atoms with van der Waals surface area (Å²) in [7, 11) is 0. The van der Waals surface area contributed by atoms with Crippen LogP contribution in [0, 0.1) is 11.8 Å². The van der Waals surface area contributed by atoms with E-state index in [-0.39, 0.29) is 0 Å². The van der Waals surface area contributed by atoms with E-state index in [1.807, 2.05) is 0 Å². The van der Waals surface area contributed by atoms with Crippen LogP contribution in [-0.4, -0.2) is 31.1 Å². The highest BCUT2D eigenvalue weighted by molar-refractivity contribution is 4.76. The summed E-state index contributed by atoms with van der Waals surface area (Å²) in [5.41, 5.74) is 5.60. The van der Waals surface area contributed by atoms with Crippen LogP contribution in [0.4, 0.5) is 0 Å². The van der Waals surface area contributed by atoms with Crippen molar-refractivity contribution in [3.63, 3.8) is 0 Å². The third-order valence-electron chi connectivity index (χ3n) is 2.33. The molecule has 1 saturated heterocycles. The van der Waals surface area contributed by atoms with Crippen molar-refractivity contribution in [2.24, 2.45) is 17.6 Å². The highest BCUT2D eigenvalue weighted by Crippen LogP contribution is 2.15. The highest BCUT2D eigenvalue weighted by Gasteiger charge is 2.20. The monoisotopic (exact) mass is 156 g/mol. The molecule has 2 heteroatoms. The zero-order valence-electron chi connectivity index (χ0n) is 7.71. The molecule has 1 aliphatic heterocycles. The van der Waals surface area contributed by atoms with Crippen LogP contribution in [0.5, 0.6) is 0 Å². The molecule has 0 bridgehead atoms. The van der Waals surface area contributed by atoms with Gasteiger partial charge in [0.25, 0.3) is 0 Å². The SMILES string of the molecule is CC(C)CN1CC[C@@H](CN)C1. The van der Waals surface area contributed by atoms with Crippen molar-refractivity contribution in [1.82, 2.24) is 4.90 Å². The number of hydrogen-bond donors (Lipinski definition) is 1. The third-order valence-corrected chi connectivity index (χ3v) is 2.33. The lowest BCUT2D eigenvalue weighted by Crippen LogP contribution is -2.26. The minimum Gasteiger partial charge on any atom is -0.330 e. The van der Waals surface area contributed by atoms with Gasteiger partial charge in [0.2, 0.25) is 0 Å².